The van der Waals surface area contributed by atoms with E-state index in [1.165, 1.54) is 0 Å². The number of hydrogen-bond acceptors (Lipinski definition) is 2. The Labute approximate surface area is 46.6 Å². The van der Waals surface area contributed by atoms with Crippen LogP contribution in [-0.4, -0.2) is 26.9 Å². The maximum absolute atomic E-state index is 9.52. The van der Waals surface area contributed by atoms with Crippen molar-refractivity contribution in [3.8, 4) is 0 Å². The first kappa shape index (κ1) is 6.26. The average Bonchev–Trinajstić information content (AvgIpc) is 1.35. The molecule has 36 valence electrons. The van der Waals surface area contributed by atoms with Crippen LogP contribution in [0.25, 0.3) is 0 Å². The van der Waals surface area contributed by atoms with E-state index in [-0.39, 0.29) is 20.9 Å². The maximum atomic E-state index is 9.52. The first-order valence-electron chi connectivity index (χ1n) is 1.46. The molecule has 0 atom stereocenters. The second-order valence-electron chi connectivity index (χ2n) is 0.805. The minimum absolute atomic E-state index is 0.234. The van der Waals surface area contributed by atoms with Gasteiger partial charge in [-0.05, 0) is 0 Å². The summed E-state index contributed by atoms with van der Waals surface area (Å²) >= 11 is -0.234. The monoisotopic (exact) mass is 203 g/mol. The van der Waals surface area contributed by atoms with Gasteiger partial charge in [0.05, 0.1) is 0 Å². The Balaban J connectivity index is 2.83. The molecule has 3 heteroatoms. The molecule has 0 N–H and O–H groups in total. The molecule has 0 aromatic carbocycles. The van der Waals surface area contributed by atoms with E-state index in [2.05, 4.69) is 0 Å². The number of rotatable bonds is 2. The summed E-state index contributed by atoms with van der Waals surface area (Å²) in [6.45, 7) is 0. The van der Waals surface area contributed by atoms with Crippen LogP contribution >= 0.6 is 0 Å². The molecule has 0 radical (unpaired) electrons. The fraction of sp³-hybridized carbons (Fsp3) is 0.667. The van der Waals surface area contributed by atoms with Crippen LogP contribution in [-0.2, 0) is 4.79 Å². The third-order valence-corrected chi connectivity index (χ3v) is 1.76. The van der Waals surface area contributed by atoms with Gasteiger partial charge in [-0.25, -0.2) is 0 Å². The number of carboxylic acid groups (broad SMARTS) is 1. The molecular formula is C3H5O2Te-. The molecule has 0 aliphatic heterocycles. The predicted octanol–water partition coefficient (Wildman–Crippen LogP) is -1.09. The van der Waals surface area contributed by atoms with E-state index in [4.69, 9.17) is 0 Å². The van der Waals surface area contributed by atoms with Crippen LogP contribution in [0.3, 0.4) is 0 Å². The van der Waals surface area contributed by atoms with E-state index in [1.807, 2.05) is 4.97 Å². The van der Waals surface area contributed by atoms with Gasteiger partial charge < -0.3 is 0 Å². The van der Waals surface area contributed by atoms with E-state index < -0.39 is 5.97 Å². The molecule has 0 aromatic rings. The van der Waals surface area contributed by atoms with Crippen molar-refractivity contribution in [2.24, 2.45) is 0 Å². The van der Waals surface area contributed by atoms with E-state index in [9.17, 15) is 9.90 Å². The fourth-order valence-electron chi connectivity index (χ4n) is 0.118. The summed E-state index contributed by atoms with van der Waals surface area (Å²) in [5.74, 6) is -0.903. The first-order chi connectivity index (χ1) is 2.77. The predicted molar refractivity (Wildman–Crippen MR) is 21.4 cm³/mol. The molecule has 0 unspecified atom stereocenters. The van der Waals surface area contributed by atoms with Crippen LogP contribution in [0.15, 0.2) is 0 Å². The van der Waals surface area contributed by atoms with Gasteiger partial charge in [0.2, 0.25) is 0 Å². The molecule has 0 aromatic heterocycles. The zero-order chi connectivity index (χ0) is 4.99. The van der Waals surface area contributed by atoms with Crippen LogP contribution in [0.5, 0.6) is 0 Å². The van der Waals surface area contributed by atoms with Gasteiger partial charge in [0.15, 0.2) is 0 Å². The Morgan fingerprint density at radius 1 is 2.00 bits per heavy atom. The van der Waals surface area contributed by atoms with Crippen molar-refractivity contribution in [2.75, 3.05) is 0 Å². The van der Waals surface area contributed by atoms with Gasteiger partial charge in [-0.2, -0.15) is 0 Å². The molecule has 0 saturated heterocycles. The average molecular weight is 201 g/mol. The van der Waals surface area contributed by atoms with Gasteiger partial charge in [0.25, 0.3) is 0 Å². The molecule has 0 rings (SSSR count). The van der Waals surface area contributed by atoms with E-state index in [0.717, 1.165) is 0 Å². The summed E-state index contributed by atoms with van der Waals surface area (Å²) < 4.78 is 0.311. The summed E-state index contributed by atoms with van der Waals surface area (Å²) in [4.78, 5) is 11.5. The quantitative estimate of drug-likeness (QED) is 0.532. The number of hydrogen-bond donors (Lipinski definition) is 0. The van der Waals surface area contributed by atoms with Crippen molar-refractivity contribution in [2.45, 2.75) is 9.44 Å². The zero-order valence-corrected chi connectivity index (χ0v) is 5.76. The zero-order valence-electron chi connectivity index (χ0n) is 3.43. The number of carbonyl (C=O) groups excluding carboxylic acids is 1. The van der Waals surface area contributed by atoms with Crippen LogP contribution in [0.2, 0.25) is 9.44 Å². The molecule has 0 bridgehead atoms. The molecule has 0 aliphatic carbocycles. The molecule has 0 fully saturated rings. The topological polar surface area (TPSA) is 40.1 Å². The molecule has 0 heterocycles. The van der Waals surface area contributed by atoms with Crippen LogP contribution in [0, 0.1) is 0 Å². The summed E-state index contributed by atoms with van der Waals surface area (Å²) in [6.07, 6.45) is 0. The van der Waals surface area contributed by atoms with E-state index in [0.29, 0.717) is 4.47 Å². The molecule has 2 nitrogen and oxygen atoms in total. The van der Waals surface area contributed by atoms with Gasteiger partial charge in [0.1, 0.15) is 0 Å². The fourth-order valence-corrected chi connectivity index (χ4v) is 0.791. The standard InChI is InChI=1S/C3H6O2Te/c1-6-2-3(4)5/h2H2,1H3,(H,4,5)/p-1. The Hall–Kier alpha value is 0.260. The number of aliphatic carboxylic acids is 1. The molecule has 0 aliphatic rings. The van der Waals surface area contributed by atoms with Crippen LogP contribution in [0.1, 0.15) is 0 Å². The van der Waals surface area contributed by atoms with Crippen LogP contribution < -0.4 is 5.11 Å². The third-order valence-electron chi connectivity index (χ3n) is 0.262. The Morgan fingerprint density at radius 3 is 2.50 bits per heavy atom. The summed E-state index contributed by atoms with van der Waals surface area (Å²) in [6, 6.07) is 0. The Kier molecular flexibility index (Phi) is 3.60. The van der Waals surface area contributed by atoms with Gasteiger partial charge in [-0.1, -0.05) is 0 Å². The second kappa shape index (κ2) is 3.45. The van der Waals surface area contributed by atoms with E-state index in [1.54, 1.807) is 0 Å². The Bertz CT molecular complexity index is 52.8. The summed E-state index contributed by atoms with van der Waals surface area (Å²) in [7, 11) is 0. The first-order valence-corrected chi connectivity index (χ1v) is 5.44. The molecular weight excluding hydrogens is 196 g/mol. The van der Waals surface area contributed by atoms with Crippen molar-refractivity contribution < 1.29 is 9.90 Å². The van der Waals surface area contributed by atoms with Crippen molar-refractivity contribution in [3.05, 3.63) is 0 Å². The third kappa shape index (κ3) is 4.26. The molecule has 0 spiro atoms. The number of carboxylic acids is 1. The van der Waals surface area contributed by atoms with Crippen LogP contribution in [0.4, 0.5) is 0 Å². The van der Waals surface area contributed by atoms with Gasteiger partial charge in [-0.3, -0.25) is 0 Å². The van der Waals surface area contributed by atoms with Crippen molar-refractivity contribution in [1.82, 2.24) is 0 Å². The Morgan fingerprint density at radius 2 is 2.50 bits per heavy atom. The van der Waals surface area contributed by atoms with Crippen molar-refractivity contribution in [1.29, 1.82) is 0 Å². The van der Waals surface area contributed by atoms with Gasteiger partial charge >= 0.3 is 46.2 Å². The number of carbonyl (C=O) groups is 1. The summed E-state index contributed by atoms with van der Waals surface area (Å²) in [5.41, 5.74) is 0. The van der Waals surface area contributed by atoms with Crippen molar-refractivity contribution >= 4 is 26.9 Å². The molecule has 0 saturated carbocycles. The van der Waals surface area contributed by atoms with Crippen molar-refractivity contribution in [3.63, 3.8) is 0 Å². The molecule has 6 heavy (non-hydrogen) atoms. The SMILES string of the molecule is C[Te]CC(=O)[O-]. The van der Waals surface area contributed by atoms with Gasteiger partial charge in [0, 0.05) is 0 Å². The second-order valence-corrected chi connectivity index (χ2v) is 3.28. The molecule has 0 amide bonds. The van der Waals surface area contributed by atoms with E-state index >= 15 is 0 Å². The van der Waals surface area contributed by atoms with Gasteiger partial charge in [-0.15, -0.1) is 0 Å². The minimum atomic E-state index is -0.903. The normalized spacial score (nSPS) is 8.17. The summed E-state index contributed by atoms with van der Waals surface area (Å²) in [5, 5.41) is 9.52.